The molecule has 1 aliphatic heterocycles. The minimum Gasteiger partial charge on any atom is -0.390 e. The molecule has 0 unspecified atom stereocenters. The summed E-state index contributed by atoms with van der Waals surface area (Å²) >= 11 is 0. The van der Waals surface area contributed by atoms with Crippen LogP contribution in [-0.4, -0.2) is 23.4 Å². The first-order chi connectivity index (χ1) is 5.82. The first-order valence-electron chi connectivity index (χ1n) is 5.16. The van der Waals surface area contributed by atoms with Gasteiger partial charge in [0.1, 0.15) is 0 Å². The molecule has 1 N–H and O–H groups in total. The van der Waals surface area contributed by atoms with Gasteiger partial charge < -0.3 is 9.84 Å². The van der Waals surface area contributed by atoms with Gasteiger partial charge in [0.2, 0.25) is 0 Å². The average Bonchev–Trinajstić information content (AvgIpc) is 1.94. The molecule has 1 heterocycles. The van der Waals surface area contributed by atoms with E-state index in [2.05, 4.69) is 34.6 Å². The molecule has 1 rings (SSSR count). The third-order valence-electron chi connectivity index (χ3n) is 2.83. The molecule has 1 fully saturated rings. The lowest BCUT2D eigenvalue weighted by Gasteiger charge is -2.43. The molecule has 13 heavy (non-hydrogen) atoms. The van der Waals surface area contributed by atoms with E-state index in [1.807, 2.05) is 0 Å². The SMILES string of the molecule is C[C@@H]1C[C@H](C)[C@@H](O)[C@H](C(C)(C)C)O1. The molecule has 1 saturated heterocycles. The lowest BCUT2D eigenvalue weighted by molar-refractivity contribution is -0.173. The second-order valence-corrected chi connectivity index (χ2v) is 5.44. The maximum Gasteiger partial charge on any atom is 0.0888 e. The largest absolute Gasteiger partial charge is 0.390 e. The van der Waals surface area contributed by atoms with E-state index >= 15 is 0 Å². The number of ether oxygens (including phenoxy) is 1. The number of aliphatic hydroxyl groups is 1. The van der Waals surface area contributed by atoms with Crippen LogP contribution in [0, 0.1) is 11.3 Å². The Hall–Kier alpha value is -0.0800. The van der Waals surface area contributed by atoms with Gasteiger partial charge in [-0.2, -0.15) is 0 Å². The fourth-order valence-electron chi connectivity index (χ4n) is 2.06. The fraction of sp³-hybridized carbons (Fsp3) is 1.00. The molecule has 2 nitrogen and oxygen atoms in total. The summed E-state index contributed by atoms with van der Waals surface area (Å²) in [5, 5.41) is 9.97. The van der Waals surface area contributed by atoms with Crippen molar-refractivity contribution in [1.82, 2.24) is 0 Å². The van der Waals surface area contributed by atoms with Crippen LogP contribution in [0.5, 0.6) is 0 Å². The minimum atomic E-state index is -0.309. The molecule has 4 atom stereocenters. The van der Waals surface area contributed by atoms with Crippen molar-refractivity contribution < 1.29 is 9.84 Å². The highest BCUT2D eigenvalue weighted by atomic mass is 16.5. The van der Waals surface area contributed by atoms with Gasteiger partial charge in [0.15, 0.2) is 0 Å². The Morgan fingerprint density at radius 2 is 1.77 bits per heavy atom. The summed E-state index contributed by atoms with van der Waals surface area (Å²) in [5.74, 6) is 0.355. The predicted molar refractivity (Wildman–Crippen MR) is 53.6 cm³/mol. The van der Waals surface area contributed by atoms with Crippen LogP contribution in [0.4, 0.5) is 0 Å². The van der Waals surface area contributed by atoms with Crippen LogP contribution in [0.2, 0.25) is 0 Å². The predicted octanol–water partition coefficient (Wildman–Crippen LogP) is 2.21. The third kappa shape index (κ3) is 2.44. The Bertz CT molecular complexity index is 171. The van der Waals surface area contributed by atoms with Crippen LogP contribution in [0.1, 0.15) is 41.0 Å². The highest BCUT2D eigenvalue weighted by molar-refractivity contribution is 4.88. The number of hydrogen-bond donors (Lipinski definition) is 1. The van der Waals surface area contributed by atoms with E-state index in [-0.39, 0.29) is 23.7 Å². The van der Waals surface area contributed by atoms with Crippen LogP contribution in [-0.2, 0) is 4.74 Å². The summed E-state index contributed by atoms with van der Waals surface area (Å²) < 4.78 is 5.78. The van der Waals surface area contributed by atoms with Crippen LogP contribution in [0.3, 0.4) is 0 Å². The zero-order valence-corrected chi connectivity index (χ0v) is 9.37. The van der Waals surface area contributed by atoms with Crippen LogP contribution >= 0.6 is 0 Å². The monoisotopic (exact) mass is 186 g/mol. The quantitative estimate of drug-likeness (QED) is 0.628. The Labute approximate surface area is 81.3 Å². The Morgan fingerprint density at radius 3 is 2.23 bits per heavy atom. The molecule has 0 amide bonds. The van der Waals surface area contributed by atoms with Gasteiger partial charge in [0, 0.05) is 0 Å². The van der Waals surface area contributed by atoms with Crippen molar-refractivity contribution in [3.8, 4) is 0 Å². The van der Waals surface area contributed by atoms with E-state index in [9.17, 15) is 5.11 Å². The van der Waals surface area contributed by atoms with Crippen molar-refractivity contribution in [3.05, 3.63) is 0 Å². The summed E-state index contributed by atoms with van der Waals surface area (Å²) in [6.45, 7) is 10.5. The van der Waals surface area contributed by atoms with E-state index < -0.39 is 0 Å². The molecule has 0 spiro atoms. The molecule has 0 aromatic carbocycles. The molecule has 1 aliphatic rings. The molecule has 0 aromatic rings. The number of rotatable bonds is 0. The zero-order valence-electron chi connectivity index (χ0n) is 9.37. The summed E-state index contributed by atoms with van der Waals surface area (Å²) in [6, 6.07) is 0. The summed E-state index contributed by atoms with van der Waals surface area (Å²) in [6.07, 6.45) is 0.915. The smallest absolute Gasteiger partial charge is 0.0888 e. The molecule has 0 saturated carbocycles. The van der Waals surface area contributed by atoms with Crippen LogP contribution < -0.4 is 0 Å². The number of aliphatic hydroxyl groups excluding tert-OH is 1. The van der Waals surface area contributed by atoms with Gasteiger partial charge in [0.05, 0.1) is 18.3 Å². The highest BCUT2D eigenvalue weighted by Crippen LogP contribution is 2.34. The van der Waals surface area contributed by atoms with Gasteiger partial charge >= 0.3 is 0 Å². The summed E-state index contributed by atoms with van der Waals surface area (Å²) in [5.41, 5.74) is 0.0301. The van der Waals surface area contributed by atoms with Crippen molar-refractivity contribution in [2.75, 3.05) is 0 Å². The summed E-state index contributed by atoms with van der Waals surface area (Å²) in [7, 11) is 0. The lowest BCUT2D eigenvalue weighted by atomic mass is 9.78. The van der Waals surface area contributed by atoms with E-state index in [1.165, 1.54) is 0 Å². The van der Waals surface area contributed by atoms with Gasteiger partial charge in [-0.15, -0.1) is 0 Å². The van der Waals surface area contributed by atoms with Gasteiger partial charge in [-0.1, -0.05) is 27.7 Å². The molecule has 0 aliphatic carbocycles. The second-order valence-electron chi connectivity index (χ2n) is 5.44. The molecular formula is C11H22O2. The molecular weight excluding hydrogens is 164 g/mol. The molecule has 0 radical (unpaired) electrons. The van der Waals surface area contributed by atoms with Gasteiger partial charge in [-0.05, 0) is 24.7 Å². The van der Waals surface area contributed by atoms with Gasteiger partial charge in [0.25, 0.3) is 0 Å². The topological polar surface area (TPSA) is 29.5 Å². The zero-order chi connectivity index (χ0) is 10.2. The molecule has 0 aromatic heterocycles. The van der Waals surface area contributed by atoms with Crippen molar-refractivity contribution in [2.24, 2.45) is 11.3 Å². The Kier molecular flexibility index (Phi) is 3.03. The molecule has 78 valence electrons. The Morgan fingerprint density at radius 1 is 1.23 bits per heavy atom. The van der Waals surface area contributed by atoms with Gasteiger partial charge in [-0.25, -0.2) is 0 Å². The maximum absolute atomic E-state index is 9.97. The minimum absolute atomic E-state index is 0.0220. The van der Waals surface area contributed by atoms with Crippen molar-refractivity contribution in [1.29, 1.82) is 0 Å². The lowest BCUT2D eigenvalue weighted by Crippen LogP contribution is -2.49. The fourth-order valence-corrected chi connectivity index (χ4v) is 2.06. The summed E-state index contributed by atoms with van der Waals surface area (Å²) in [4.78, 5) is 0. The van der Waals surface area contributed by atoms with Crippen LogP contribution in [0.15, 0.2) is 0 Å². The average molecular weight is 186 g/mol. The third-order valence-corrected chi connectivity index (χ3v) is 2.83. The first-order valence-corrected chi connectivity index (χ1v) is 5.16. The standard InChI is InChI=1S/C11H22O2/c1-7-6-8(2)13-10(9(7)12)11(3,4)5/h7-10,12H,6H2,1-5H3/t7-,8+,9+,10+/m0/s1. The van der Waals surface area contributed by atoms with E-state index in [4.69, 9.17) is 4.74 Å². The van der Waals surface area contributed by atoms with E-state index in [0.29, 0.717) is 5.92 Å². The van der Waals surface area contributed by atoms with Crippen molar-refractivity contribution in [2.45, 2.75) is 59.4 Å². The van der Waals surface area contributed by atoms with E-state index in [1.54, 1.807) is 0 Å². The molecule has 2 heteroatoms. The second kappa shape index (κ2) is 3.58. The molecule has 0 bridgehead atoms. The highest BCUT2D eigenvalue weighted by Gasteiger charge is 2.40. The van der Waals surface area contributed by atoms with E-state index in [0.717, 1.165) is 6.42 Å². The van der Waals surface area contributed by atoms with Crippen molar-refractivity contribution in [3.63, 3.8) is 0 Å². The van der Waals surface area contributed by atoms with Gasteiger partial charge in [-0.3, -0.25) is 0 Å². The maximum atomic E-state index is 9.97. The first kappa shape index (κ1) is 11.0. The van der Waals surface area contributed by atoms with Crippen molar-refractivity contribution >= 4 is 0 Å². The van der Waals surface area contributed by atoms with Crippen LogP contribution in [0.25, 0.3) is 0 Å². The Balaban J connectivity index is 2.72. The number of hydrogen-bond acceptors (Lipinski definition) is 2. The normalized spacial score (nSPS) is 42.0.